The van der Waals surface area contributed by atoms with Crippen molar-refractivity contribution in [2.75, 3.05) is 36.9 Å². The molecule has 3 rings (SSSR count). The van der Waals surface area contributed by atoms with E-state index in [0.29, 0.717) is 36.0 Å². The van der Waals surface area contributed by atoms with Crippen molar-refractivity contribution >= 4 is 44.1 Å². The van der Waals surface area contributed by atoms with Gasteiger partial charge in [0.15, 0.2) is 17.4 Å². The van der Waals surface area contributed by atoms with Gasteiger partial charge in [0.25, 0.3) is 5.91 Å². The zero-order valence-electron chi connectivity index (χ0n) is 18.5. The highest BCUT2D eigenvalue weighted by atomic mass is 32.2. The predicted molar refractivity (Wildman–Crippen MR) is 128 cm³/mol. The summed E-state index contributed by atoms with van der Waals surface area (Å²) < 4.78 is 32.9. The molecular weight excluding hydrogens is 464 g/mol. The molecular formula is C22H28N4O5S2. The van der Waals surface area contributed by atoms with Crippen LogP contribution in [0.5, 0.6) is 0 Å². The summed E-state index contributed by atoms with van der Waals surface area (Å²) in [4.78, 5) is 28.7. The SMILES string of the molecule is C=CCNc1nc(C(=O)OCC(=O)Nc2ccc(C)c(S(=O)(=O)N3CCCCCC3)c2)cs1. The highest BCUT2D eigenvalue weighted by Crippen LogP contribution is 2.26. The first-order valence-electron chi connectivity index (χ1n) is 10.7. The molecule has 2 N–H and O–H groups in total. The van der Waals surface area contributed by atoms with E-state index in [9.17, 15) is 18.0 Å². The van der Waals surface area contributed by atoms with Gasteiger partial charge in [-0.1, -0.05) is 25.0 Å². The highest BCUT2D eigenvalue weighted by molar-refractivity contribution is 7.89. The number of benzene rings is 1. The van der Waals surface area contributed by atoms with Crippen LogP contribution in [-0.4, -0.2) is 55.8 Å². The number of ether oxygens (including phenoxy) is 1. The van der Waals surface area contributed by atoms with Gasteiger partial charge in [-0.15, -0.1) is 17.9 Å². The molecule has 0 spiro atoms. The Morgan fingerprint density at radius 3 is 2.67 bits per heavy atom. The third-order valence-corrected chi connectivity index (χ3v) is 7.94. The Morgan fingerprint density at radius 1 is 1.24 bits per heavy atom. The molecule has 1 saturated heterocycles. The van der Waals surface area contributed by atoms with Gasteiger partial charge in [0.05, 0.1) is 4.90 Å². The number of carbonyl (C=O) groups is 2. The molecule has 0 radical (unpaired) electrons. The molecule has 9 nitrogen and oxygen atoms in total. The van der Waals surface area contributed by atoms with E-state index in [1.54, 1.807) is 25.1 Å². The summed E-state index contributed by atoms with van der Waals surface area (Å²) in [5, 5.41) is 7.64. The van der Waals surface area contributed by atoms with E-state index in [-0.39, 0.29) is 10.6 Å². The lowest BCUT2D eigenvalue weighted by atomic mass is 10.2. The molecule has 33 heavy (non-hydrogen) atoms. The molecule has 178 valence electrons. The average Bonchev–Trinajstić information content (AvgIpc) is 3.09. The van der Waals surface area contributed by atoms with E-state index in [4.69, 9.17) is 4.74 Å². The lowest BCUT2D eigenvalue weighted by Gasteiger charge is -2.21. The lowest BCUT2D eigenvalue weighted by molar-refractivity contribution is -0.119. The van der Waals surface area contributed by atoms with Gasteiger partial charge in [0, 0.05) is 30.7 Å². The van der Waals surface area contributed by atoms with Crippen LogP contribution in [0.15, 0.2) is 41.1 Å². The molecule has 0 saturated carbocycles. The molecule has 0 atom stereocenters. The number of amides is 1. The van der Waals surface area contributed by atoms with Crippen LogP contribution in [0.3, 0.4) is 0 Å². The van der Waals surface area contributed by atoms with Crippen molar-refractivity contribution in [3.63, 3.8) is 0 Å². The second kappa shape index (κ2) is 11.4. The minimum atomic E-state index is -3.66. The topological polar surface area (TPSA) is 118 Å². The molecule has 1 aromatic carbocycles. The van der Waals surface area contributed by atoms with Crippen molar-refractivity contribution in [3.8, 4) is 0 Å². The van der Waals surface area contributed by atoms with Crippen LogP contribution in [0, 0.1) is 6.92 Å². The number of thiazole rings is 1. The molecule has 1 aromatic heterocycles. The maximum absolute atomic E-state index is 13.2. The molecule has 0 aliphatic carbocycles. The van der Waals surface area contributed by atoms with Gasteiger partial charge in [-0.05, 0) is 37.5 Å². The molecule has 2 aromatic rings. The van der Waals surface area contributed by atoms with E-state index >= 15 is 0 Å². The second-order valence-electron chi connectivity index (χ2n) is 7.63. The van der Waals surface area contributed by atoms with E-state index in [2.05, 4.69) is 22.2 Å². The number of hydrogen-bond donors (Lipinski definition) is 2. The van der Waals surface area contributed by atoms with Crippen molar-refractivity contribution in [3.05, 3.63) is 47.5 Å². The molecule has 1 amide bonds. The van der Waals surface area contributed by atoms with Crippen molar-refractivity contribution in [2.24, 2.45) is 0 Å². The number of esters is 1. The van der Waals surface area contributed by atoms with E-state index in [1.807, 2.05) is 0 Å². The van der Waals surface area contributed by atoms with Gasteiger partial charge in [0.2, 0.25) is 10.0 Å². The van der Waals surface area contributed by atoms with Crippen molar-refractivity contribution in [1.29, 1.82) is 0 Å². The first-order chi connectivity index (χ1) is 15.8. The monoisotopic (exact) mass is 492 g/mol. The number of hydrogen-bond acceptors (Lipinski definition) is 8. The normalized spacial score (nSPS) is 14.8. The van der Waals surface area contributed by atoms with Gasteiger partial charge in [0.1, 0.15) is 0 Å². The van der Waals surface area contributed by atoms with Gasteiger partial charge >= 0.3 is 5.97 Å². The summed E-state index contributed by atoms with van der Waals surface area (Å²) in [6.45, 7) is 6.30. The molecule has 11 heteroatoms. The lowest BCUT2D eigenvalue weighted by Crippen LogP contribution is -2.32. The number of nitrogens with zero attached hydrogens (tertiary/aromatic N) is 2. The van der Waals surface area contributed by atoms with Gasteiger partial charge in [-0.2, -0.15) is 4.31 Å². The Labute approximate surface area is 197 Å². The zero-order chi connectivity index (χ0) is 23.8. The fourth-order valence-corrected chi connectivity index (χ4v) is 5.84. The Hall–Kier alpha value is -2.76. The highest BCUT2D eigenvalue weighted by Gasteiger charge is 2.27. The van der Waals surface area contributed by atoms with E-state index in [1.165, 1.54) is 27.1 Å². The molecule has 0 bridgehead atoms. The molecule has 1 aliphatic heterocycles. The maximum Gasteiger partial charge on any atom is 0.358 e. The van der Waals surface area contributed by atoms with E-state index in [0.717, 1.165) is 25.7 Å². The second-order valence-corrected chi connectivity index (χ2v) is 10.4. The number of anilines is 2. The molecule has 1 fully saturated rings. The number of rotatable bonds is 9. The standard InChI is InChI=1S/C22H28N4O5S2/c1-3-10-23-22-25-18(15-32-22)21(28)31-14-20(27)24-17-9-8-16(2)19(13-17)33(29,30)26-11-6-4-5-7-12-26/h3,8-9,13,15H,1,4-7,10-12,14H2,2H3,(H,23,25)(H,24,27). The van der Waals surface area contributed by atoms with Crippen LogP contribution in [-0.2, 0) is 19.6 Å². The average molecular weight is 493 g/mol. The van der Waals surface area contributed by atoms with Gasteiger partial charge < -0.3 is 15.4 Å². The number of sulfonamides is 1. The first kappa shape index (κ1) is 24.9. The largest absolute Gasteiger partial charge is 0.451 e. The van der Waals surface area contributed by atoms with Crippen LogP contribution in [0.25, 0.3) is 0 Å². The van der Waals surface area contributed by atoms with Gasteiger partial charge in [-0.3, -0.25) is 4.79 Å². The summed E-state index contributed by atoms with van der Waals surface area (Å²) in [6, 6.07) is 4.72. The summed E-state index contributed by atoms with van der Waals surface area (Å²) >= 11 is 1.24. The van der Waals surface area contributed by atoms with Crippen molar-refractivity contribution < 1.29 is 22.7 Å². The Balaban J connectivity index is 1.61. The first-order valence-corrected chi connectivity index (χ1v) is 13.0. The fraction of sp³-hybridized carbons (Fsp3) is 0.409. The molecule has 0 unspecified atom stereocenters. The molecule has 2 heterocycles. The maximum atomic E-state index is 13.2. The van der Waals surface area contributed by atoms with Crippen LogP contribution in [0.1, 0.15) is 41.7 Å². The fourth-order valence-electron chi connectivity index (χ4n) is 3.39. The minimum Gasteiger partial charge on any atom is -0.451 e. The summed E-state index contributed by atoms with van der Waals surface area (Å²) in [7, 11) is -3.66. The Bertz CT molecular complexity index is 1110. The number of nitrogens with one attached hydrogen (secondary N) is 2. The van der Waals surface area contributed by atoms with Crippen molar-refractivity contribution in [2.45, 2.75) is 37.5 Å². The van der Waals surface area contributed by atoms with Crippen molar-refractivity contribution in [1.82, 2.24) is 9.29 Å². The Morgan fingerprint density at radius 2 is 1.97 bits per heavy atom. The number of carbonyl (C=O) groups excluding carboxylic acids is 2. The smallest absolute Gasteiger partial charge is 0.358 e. The Kier molecular flexibility index (Phi) is 8.59. The quantitative estimate of drug-likeness (QED) is 0.407. The van der Waals surface area contributed by atoms with Gasteiger partial charge in [-0.25, -0.2) is 18.2 Å². The third kappa shape index (κ3) is 6.62. The zero-order valence-corrected chi connectivity index (χ0v) is 20.1. The predicted octanol–water partition coefficient (Wildman–Crippen LogP) is 3.41. The summed E-state index contributed by atoms with van der Waals surface area (Å²) in [6.07, 6.45) is 5.38. The van der Waals surface area contributed by atoms with Crippen LogP contribution >= 0.6 is 11.3 Å². The summed E-state index contributed by atoms with van der Waals surface area (Å²) in [5.41, 5.74) is 1.02. The summed E-state index contributed by atoms with van der Waals surface area (Å²) in [5.74, 6) is -1.30. The number of aryl methyl sites for hydroxylation is 1. The van der Waals surface area contributed by atoms with Crippen LogP contribution < -0.4 is 10.6 Å². The number of aromatic nitrogens is 1. The third-order valence-electron chi connectivity index (χ3n) is 5.10. The minimum absolute atomic E-state index is 0.0977. The molecule has 1 aliphatic rings. The van der Waals surface area contributed by atoms with E-state index < -0.39 is 28.5 Å². The van der Waals surface area contributed by atoms with Crippen LogP contribution in [0.2, 0.25) is 0 Å². The van der Waals surface area contributed by atoms with Crippen LogP contribution in [0.4, 0.5) is 10.8 Å².